The number of nitrogens with one attached hydrogen (secondary N) is 1. The molecule has 0 fully saturated rings. The van der Waals surface area contributed by atoms with Gasteiger partial charge in [-0.2, -0.15) is 0 Å². The lowest BCUT2D eigenvalue weighted by Gasteiger charge is -2.07. The van der Waals surface area contributed by atoms with Crippen LogP contribution < -0.4 is 10.1 Å². The van der Waals surface area contributed by atoms with Gasteiger partial charge in [-0.25, -0.2) is 0 Å². The second-order valence-corrected chi connectivity index (χ2v) is 5.20. The fraction of sp³-hybridized carbons (Fsp3) is 0.105. The highest BCUT2D eigenvalue weighted by Crippen LogP contribution is 2.15. The molecular formula is C19H17N3O2. The number of carbonyl (C=O) groups is 1. The standard InChI is InChI=1S/C19H17N3O2/c1-24-17-7-4-14(5-8-17)11-22-19(23)16-6-9-18(21-13-16)15-3-2-10-20-12-15/h2-10,12-13H,11H2,1H3,(H,22,23). The van der Waals surface area contributed by atoms with E-state index in [1.165, 1.54) is 0 Å². The van der Waals surface area contributed by atoms with Crippen LogP contribution in [0, 0.1) is 0 Å². The number of amides is 1. The fourth-order valence-corrected chi connectivity index (χ4v) is 2.24. The summed E-state index contributed by atoms with van der Waals surface area (Å²) < 4.78 is 5.11. The lowest BCUT2D eigenvalue weighted by atomic mass is 10.1. The third-order valence-electron chi connectivity index (χ3n) is 3.60. The van der Waals surface area contributed by atoms with Gasteiger partial charge in [0, 0.05) is 30.7 Å². The number of rotatable bonds is 5. The van der Waals surface area contributed by atoms with E-state index in [1.807, 2.05) is 42.5 Å². The minimum absolute atomic E-state index is 0.156. The molecule has 2 heterocycles. The van der Waals surface area contributed by atoms with Crippen molar-refractivity contribution in [3.8, 4) is 17.0 Å². The van der Waals surface area contributed by atoms with Gasteiger partial charge >= 0.3 is 0 Å². The number of aromatic nitrogens is 2. The van der Waals surface area contributed by atoms with E-state index in [9.17, 15) is 4.79 Å². The number of hydrogen-bond acceptors (Lipinski definition) is 4. The number of nitrogens with zero attached hydrogens (tertiary/aromatic N) is 2. The topological polar surface area (TPSA) is 64.1 Å². The first-order valence-corrected chi connectivity index (χ1v) is 7.54. The summed E-state index contributed by atoms with van der Waals surface area (Å²) in [5, 5.41) is 2.88. The number of methoxy groups -OCH3 is 1. The summed E-state index contributed by atoms with van der Waals surface area (Å²) in [5.41, 5.74) is 3.23. The molecule has 3 aromatic rings. The number of pyridine rings is 2. The highest BCUT2D eigenvalue weighted by atomic mass is 16.5. The maximum Gasteiger partial charge on any atom is 0.253 e. The molecule has 0 spiro atoms. The van der Waals surface area contributed by atoms with Crippen LogP contribution in [0.5, 0.6) is 5.75 Å². The predicted octanol–water partition coefficient (Wildman–Crippen LogP) is 3.08. The first-order chi connectivity index (χ1) is 11.8. The van der Waals surface area contributed by atoms with E-state index in [-0.39, 0.29) is 5.91 Å². The van der Waals surface area contributed by atoms with Crippen molar-refractivity contribution >= 4 is 5.91 Å². The Morgan fingerprint density at radius 1 is 1.08 bits per heavy atom. The van der Waals surface area contributed by atoms with Crippen LogP contribution in [0.1, 0.15) is 15.9 Å². The van der Waals surface area contributed by atoms with Crippen LogP contribution in [0.2, 0.25) is 0 Å². The number of benzene rings is 1. The van der Waals surface area contributed by atoms with Crippen LogP contribution in [0.15, 0.2) is 67.1 Å². The van der Waals surface area contributed by atoms with Crippen LogP contribution in [0.25, 0.3) is 11.3 Å². The van der Waals surface area contributed by atoms with Crippen LogP contribution >= 0.6 is 0 Å². The van der Waals surface area contributed by atoms with Crippen molar-refractivity contribution in [2.24, 2.45) is 0 Å². The molecule has 24 heavy (non-hydrogen) atoms. The maximum atomic E-state index is 12.2. The van der Waals surface area contributed by atoms with E-state index in [2.05, 4.69) is 15.3 Å². The number of ether oxygens (including phenoxy) is 1. The molecule has 0 saturated heterocycles. The van der Waals surface area contributed by atoms with E-state index in [4.69, 9.17) is 4.74 Å². The highest BCUT2D eigenvalue weighted by Gasteiger charge is 2.07. The van der Waals surface area contributed by atoms with Gasteiger partial charge in [0.25, 0.3) is 5.91 Å². The van der Waals surface area contributed by atoms with Gasteiger partial charge in [0.2, 0.25) is 0 Å². The quantitative estimate of drug-likeness (QED) is 0.785. The largest absolute Gasteiger partial charge is 0.497 e. The first-order valence-electron chi connectivity index (χ1n) is 7.54. The Hall–Kier alpha value is -3.21. The summed E-state index contributed by atoms with van der Waals surface area (Å²) in [6, 6.07) is 14.9. The second kappa shape index (κ2) is 7.37. The fourth-order valence-electron chi connectivity index (χ4n) is 2.24. The molecule has 0 unspecified atom stereocenters. The molecule has 0 aliphatic rings. The van der Waals surface area contributed by atoms with Gasteiger partial charge in [-0.1, -0.05) is 12.1 Å². The van der Waals surface area contributed by atoms with Crippen LogP contribution in [-0.4, -0.2) is 23.0 Å². The SMILES string of the molecule is COc1ccc(CNC(=O)c2ccc(-c3cccnc3)nc2)cc1. The summed E-state index contributed by atoms with van der Waals surface area (Å²) in [6.45, 7) is 0.452. The summed E-state index contributed by atoms with van der Waals surface area (Å²) in [7, 11) is 1.62. The molecule has 1 aromatic carbocycles. The molecule has 0 bridgehead atoms. The molecule has 0 aliphatic carbocycles. The van der Waals surface area contributed by atoms with Gasteiger partial charge in [-0.3, -0.25) is 14.8 Å². The molecule has 120 valence electrons. The Labute approximate surface area is 140 Å². The molecule has 1 N–H and O–H groups in total. The molecule has 0 saturated carbocycles. The van der Waals surface area contributed by atoms with Gasteiger partial charge in [0.15, 0.2) is 0 Å². The highest BCUT2D eigenvalue weighted by molar-refractivity contribution is 5.94. The third kappa shape index (κ3) is 3.76. The van der Waals surface area contributed by atoms with Gasteiger partial charge in [0.05, 0.1) is 18.4 Å². The number of hydrogen-bond donors (Lipinski definition) is 1. The van der Waals surface area contributed by atoms with Crippen molar-refractivity contribution in [3.05, 3.63) is 78.2 Å². The van der Waals surface area contributed by atoms with Crippen LogP contribution in [0.4, 0.5) is 0 Å². The molecule has 0 aliphatic heterocycles. The van der Waals surface area contributed by atoms with E-state index in [0.29, 0.717) is 12.1 Å². The Morgan fingerprint density at radius 2 is 1.92 bits per heavy atom. The molecule has 0 atom stereocenters. The van der Waals surface area contributed by atoms with Gasteiger partial charge in [0.1, 0.15) is 5.75 Å². The molecule has 3 rings (SSSR count). The van der Waals surface area contributed by atoms with E-state index < -0.39 is 0 Å². The average molecular weight is 319 g/mol. The van der Waals surface area contributed by atoms with Crippen molar-refractivity contribution in [1.82, 2.24) is 15.3 Å². The van der Waals surface area contributed by atoms with Gasteiger partial charge in [-0.05, 0) is 42.0 Å². The molecule has 5 heteroatoms. The van der Waals surface area contributed by atoms with Crippen LogP contribution in [0.3, 0.4) is 0 Å². The Kier molecular flexibility index (Phi) is 4.81. The minimum atomic E-state index is -0.156. The van der Waals surface area contributed by atoms with Crippen molar-refractivity contribution in [2.75, 3.05) is 7.11 Å². The molecule has 2 aromatic heterocycles. The predicted molar refractivity (Wildman–Crippen MR) is 91.6 cm³/mol. The zero-order valence-corrected chi connectivity index (χ0v) is 13.3. The smallest absolute Gasteiger partial charge is 0.253 e. The lowest BCUT2D eigenvalue weighted by Crippen LogP contribution is -2.22. The number of carbonyl (C=O) groups excluding carboxylic acids is 1. The Bertz CT molecular complexity index is 800. The van der Waals surface area contributed by atoms with E-state index in [0.717, 1.165) is 22.6 Å². The second-order valence-electron chi connectivity index (χ2n) is 5.20. The normalized spacial score (nSPS) is 10.2. The lowest BCUT2D eigenvalue weighted by molar-refractivity contribution is 0.0950. The van der Waals surface area contributed by atoms with Crippen LogP contribution in [-0.2, 0) is 6.54 Å². The summed E-state index contributed by atoms with van der Waals surface area (Å²) in [4.78, 5) is 20.6. The summed E-state index contributed by atoms with van der Waals surface area (Å²) >= 11 is 0. The van der Waals surface area contributed by atoms with E-state index >= 15 is 0 Å². The van der Waals surface area contributed by atoms with Crippen molar-refractivity contribution in [2.45, 2.75) is 6.54 Å². The third-order valence-corrected chi connectivity index (χ3v) is 3.60. The van der Waals surface area contributed by atoms with Crippen molar-refractivity contribution < 1.29 is 9.53 Å². The van der Waals surface area contributed by atoms with Crippen molar-refractivity contribution in [1.29, 1.82) is 0 Å². The molecule has 1 amide bonds. The van der Waals surface area contributed by atoms with E-state index in [1.54, 1.807) is 31.8 Å². The van der Waals surface area contributed by atoms with Crippen molar-refractivity contribution in [3.63, 3.8) is 0 Å². The average Bonchev–Trinajstić information content (AvgIpc) is 2.67. The Balaban J connectivity index is 1.62. The summed E-state index contributed by atoms with van der Waals surface area (Å²) in [6.07, 6.45) is 5.03. The van der Waals surface area contributed by atoms with Gasteiger partial charge < -0.3 is 10.1 Å². The zero-order valence-electron chi connectivity index (χ0n) is 13.3. The Morgan fingerprint density at radius 3 is 2.54 bits per heavy atom. The zero-order chi connectivity index (χ0) is 16.8. The first kappa shape index (κ1) is 15.7. The monoisotopic (exact) mass is 319 g/mol. The maximum absolute atomic E-state index is 12.2. The molecule has 5 nitrogen and oxygen atoms in total. The molecule has 0 radical (unpaired) electrons. The van der Waals surface area contributed by atoms with Gasteiger partial charge in [-0.15, -0.1) is 0 Å². The molecular weight excluding hydrogens is 302 g/mol. The minimum Gasteiger partial charge on any atom is -0.497 e. The summed E-state index contributed by atoms with van der Waals surface area (Å²) in [5.74, 6) is 0.635.